The summed E-state index contributed by atoms with van der Waals surface area (Å²) in [5.41, 5.74) is 0.731. The number of halogens is 1. The first-order valence-electron chi connectivity index (χ1n) is 4.69. The van der Waals surface area contributed by atoms with Gasteiger partial charge in [0.25, 0.3) is 0 Å². The molecular formula is C11H13BrO3. The minimum absolute atomic E-state index is 0.0132. The van der Waals surface area contributed by atoms with Gasteiger partial charge in [-0.15, -0.1) is 0 Å². The number of hydrogen-bond donors (Lipinski definition) is 2. The Bertz CT molecular complexity index is 363. The van der Waals surface area contributed by atoms with Crippen molar-refractivity contribution >= 4 is 22.2 Å². The van der Waals surface area contributed by atoms with Crippen molar-refractivity contribution in [3.8, 4) is 11.5 Å². The highest BCUT2D eigenvalue weighted by Crippen LogP contribution is 2.36. The van der Waals surface area contributed by atoms with E-state index in [0.717, 1.165) is 11.8 Å². The van der Waals surface area contributed by atoms with Gasteiger partial charge in [0.15, 0.2) is 0 Å². The molecule has 0 fully saturated rings. The van der Waals surface area contributed by atoms with Gasteiger partial charge in [-0.25, -0.2) is 0 Å². The maximum absolute atomic E-state index is 10.3. The van der Waals surface area contributed by atoms with Crippen LogP contribution >= 0.6 is 15.9 Å². The lowest BCUT2D eigenvalue weighted by Crippen LogP contribution is -2.00. The molecule has 1 atom stereocenters. The van der Waals surface area contributed by atoms with Gasteiger partial charge in [0.1, 0.15) is 22.3 Å². The van der Waals surface area contributed by atoms with Crippen LogP contribution in [0, 0.1) is 5.92 Å². The lowest BCUT2D eigenvalue weighted by Gasteiger charge is -2.11. The second-order valence-corrected chi connectivity index (χ2v) is 4.41. The molecular weight excluding hydrogens is 260 g/mol. The average Bonchev–Trinajstić information content (AvgIpc) is 2.20. The molecule has 0 aromatic heterocycles. The summed E-state index contributed by atoms with van der Waals surface area (Å²) in [6, 6.07) is 3.18. The number of rotatable bonds is 4. The Morgan fingerprint density at radius 2 is 2.13 bits per heavy atom. The van der Waals surface area contributed by atoms with Crippen LogP contribution in [0.3, 0.4) is 0 Å². The van der Waals surface area contributed by atoms with Crippen LogP contribution < -0.4 is 0 Å². The fraction of sp³-hybridized carbons (Fsp3) is 0.364. The van der Waals surface area contributed by atoms with Crippen LogP contribution in [0.25, 0.3) is 0 Å². The molecule has 0 heterocycles. The van der Waals surface area contributed by atoms with Crippen LogP contribution in [0.1, 0.15) is 18.9 Å². The number of benzene rings is 1. The van der Waals surface area contributed by atoms with Crippen LogP contribution in [0.15, 0.2) is 16.6 Å². The molecule has 0 amide bonds. The molecule has 0 aliphatic heterocycles. The van der Waals surface area contributed by atoms with Crippen LogP contribution in [-0.4, -0.2) is 16.5 Å². The van der Waals surface area contributed by atoms with Crippen LogP contribution in [0.5, 0.6) is 11.5 Å². The summed E-state index contributed by atoms with van der Waals surface area (Å²) in [6.45, 7) is 1.94. The van der Waals surface area contributed by atoms with E-state index in [-0.39, 0.29) is 17.4 Å². The maximum atomic E-state index is 10.3. The van der Waals surface area contributed by atoms with Gasteiger partial charge in [0.05, 0.1) is 0 Å². The quantitative estimate of drug-likeness (QED) is 0.829. The first-order chi connectivity index (χ1) is 7.06. The lowest BCUT2D eigenvalue weighted by atomic mass is 9.98. The number of phenols is 2. The first-order valence-corrected chi connectivity index (χ1v) is 5.48. The molecule has 0 saturated carbocycles. The number of carbonyl (C=O) groups excluding carboxylic acids is 1. The fourth-order valence-electron chi connectivity index (χ4n) is 1.38. The normalized spacial score (nSPS) is 12.4. The second kappa shape index (κ2) is 5.16. The van der Waals surface area contributed by atoms with Crippen molar-refractivity contribution in [3.63, 3.8) is 0 Å². The number of carbonyl (C=O) groups is 1. The highest BCUT2D eigenvalue weighted by Gasteiger charge is 2.12. The Morgan fingerprint density at radius 1 is 1.47 bits per heavy atom. The molecule has 3 nitrogen and oxygen atoms in total. The topological polar surface area (TPSA) is 57.5 Å². The molecule has 0 saturated heterocycles. The van der Waals surface area contributed by atoms with Gasteiger partial charge in [0, 0.05) is 6.42 Å². The molecule has 15 heavy (non-hydrogen) atoms. The van der Waals surface area contributed by atoms with E-state index in [1.165, 1.54) is 6.07 Å². The van der Waals surface area contributed by atoms with Crippen molar-refractivity contribution in [2.24, 2.45) is 5.92 Å². The molecule has 1 aromatic rings. The molecule has 0 bridgehead atoms. The Balaban J connectivity index is 2.86. The summed E-state index contributed by atoms with van der Waals surface area (Å²) in [5.74, 6) is 0.247. The van der Waals surface area contributed by atoms with Crippen molar-refractivity contribution in [2.45, 2.75) is 19.8 Å². The smallest absolute Gasteiger partial charge is 0.136 e. The van der Waals surface area contributed by atoms with Gasteiger partial charge in [-0.1, -0.05) is 13.0 Å². The predicted octanol–water partition coefficient (Wildman–Crippen LogP) is 2.63. The Hall–Kier alpha value is -1.03. The van der Waals surface area contributed by atoms with Crippen molar-refractivity contribution in [1.82, 2.24) is 0 Å². The summed E-state index contributed by atoms with van der Waals surface area (Å²) in [4.78, 5) is 10.3. The molecule has 82 valence electrons. The molecule has 2 N–H and O–H groups in total. The molecule has 0 spiro atoms. The summed E-state index contributed by atoms with van der Waals surface area (Å²) < 4.78 is 0.304. The average molecular weight is 273 g/mol. The summed E-state index contributed by atoms with van der Waals surface area (Å²) in [5, 5.41) is 19.0. The van der Waals surface area contributed by atoms with Gasteiger partial charge in [-0.2, -0.15) is 0 Å². The zero-order valence-corrected chi connectivity index (χ0v) is 9.99. The number of phenolic OH excluding ortho intramolecular Hbond substituents is 2. The zero-order chi connectivity index (χ0) is 11.4. The molecule has 1 aromatic carbocycles. The van der Waals surface area contributed by atoms with E-state index >= 15 is 0 Å². The van der Waals surface area contributed by atoms with E-state index in [9.17, 15) is 15.0 Å². The number of aromatic hydroxyl groups is 2. The van der Waals surface area contributed by atoms with Crippen LogP contribution in [0.4, 0.5) is 0 Å². The summed E-state index contributed by atoms with van der Waals surface area (Å²) >= 11 is 3.09. The second-order valence-electron chi connectivity index (χ2n) is 3.62. The van der Waals surface area contributed by atoms with Gasteiger partial charge >= 0.3 is 0 Å². The molecule has 1 unspecified atom stereocenters. The molecule has 4 heteroatoms. The van der Waals surface area contributed by atoms with E-state index in [1.807, 2.05) is 6.92 Å². The van der Waals surface area contributed by atoms with Crippen molar-refractivity contribution < 1.29 is 15.0 Å². The van der Waals surface area contributed by atoms with Gasteiger partial charge in [0.2, 0.25) is 0 Å². The Labute approximate surface area is 96.9 Å². The Kier molecular flexibility index (Phi) is 4.15. The number of aldehydes is 1. The molecule has 1 rings (SSSR count). The SMILES string of the molecule is CC(CC=O)Cc1ccc(O)c(Br)c1O. The third-order valence-electron chi connectivity index (χ3n) is 2.25. The van der Waals surface area contributed by atoms with Crippen molar-refractivity contribution in [1.29, 1.82) is 0 Å². The molecule has 0 aliphatic carbocycles. The van der Waals surface area contributed by atoms with Crippen molar-refractivity contribution in [3.05, 3.63) is 22.2 Å². The summed E-state index contributed by atoms with van der Waals surface area (Å²) in [7, 11) is 0. The molecule has 0 aliphatic rings. The minimum atomic E-state index is 0.0132. The minimum Gasteiger partial charge on any atom is -0.507 e. The van der Waals surface area contributed by atoms with Crippen LogP contribution in [-0.2, 0) is 11.2 Å². The van der Waals surface area contributed by atoms with E-state index in [0.29, 0.717) is 17.3 Å². The van der Waals surface area contributed by atoms with Gasteiger partial charge < -0.3 is 15.0 Å². The standard InChI is InChI=1S/C11H13BrO3/c1-7(4-5-13)6-8-2-3-9(14)10(12)11(8)15/h2-3,5,7,14-15H,4,6H2,1H3. The van der Waals surface area contributed by atoms with E-state index in [4.69, 9.17) is 0 Å². The first kappa shape index (κ1) is 12.0. The zero-order valence-electron chi connectivity index (χ0n) is 8.40. The van der Waals surface area contributed by atoms with E-state index in [2.05, 4.69) is 15.9 Å². The third kappa shape index (κ3) is 2.96. The van der Waals surface area contributed by atoms with E-state index < -0.39 is 0 Å². The van der Waals surface area contributed by atoms with Gasteiger partial charge in [-0.3, -0.25) is 0 Å². The van der Waals surface area contributed by atoms with Gasteiger partial charge in [-0.05, 0) is 39.9 Å². The Morgan fingerprint density at radius 3 is 2.73 bits per heavy atom. The highest BCUT2D eigenvalue weighted by molar-refractivity contribution is 9.10. The maximum Gasteiger partial charge on any atom is 0.136 e. The lowest BCUT2D eigenvalue weighted by molar-refractivity contribution is -0.108. The summed E-state index contributed by atoms with van der Waals surface area (Å²) in [6.07, 6.45) is 1.96. The highest BCUT2D eigenvalue weighted by atomic mass is 79.9. The van der Waals surface area contributed by atoms with Crippen LogP contribution in [0.2, 0.25) is 0 Å². The molecule has 0 radical (unpaired) electrons. The van der Waals surface area contributed by atoms with Crippen molar-refractivity contribution in [2.75, 3.05) is 0 Å². The largest absolute Gasteiger partial charge is 0.507 e. The number of hydrogen-bond acceptors (Lipinski definition) is 3. The predicted molar refractivity (Wildman–Crippen MR) is 61.0 cm³/mol. The third-order valence-corrected chi connectivity index (χ3v) is 3.03. The van der Waals surface area contributed by atoms with E-state index in [1.54, 1.807) is 6.07 Å². The fourth-order valence-corrected chi connectivity index (χ4v) is 1.77. The monoisotopic (exact) mass is 272 g/mol.